The van der Waals surface area contributed by atoms with Crippen LogP contribution in [-0.2, 0) is 6.54 Å². The fourth-order valence-corrected chi connectivity index (χ4v) is 1.49. The molecular weight excluding hydrogens is 164 g/mol. The number of hydrogen-bond acceptors (Lipinski definition) is 3. The van der Waals surface area contributed by atoms with Gasteiger partial charge in [-0.3, -0.25) is 0 Å². The van der Waals surface area contributed by atoms with Crippen molar-refractivity contribution in [3.8, 4) is 0 Å². The first-order valence-electron chi connectivity index (χ1n) is 4.78. The van der Waals surface area contributed by atoms with Crippen molar-refractivity contribution in [2.75, 3.05) is 13.1 Å². The Kier molecular flexibility index (Phi) is 2.38. The van der Waals surface area contributed by atoms with E-state index in [0.29, 0.717) is 5.41 Å². The maximum atomic E-state index is 5.66. The van der Waals surface area contributed by atoms with Crippen LogP contribution in [0.4, 0.5) is 0 Å². The molecule has 2 rings (SSSR count). The van der Waals surface area contributed by atoms with Gasteiger partial charge in [-0.05, 0) is 36.9 Å². The number of nitrogens with two attached hydrogens (primary N) is 1. The third-order valence-electron chi connectivity index (χ3n) is 2.77. The Morgan fingerprint density at radius 1 is 1.54 bits per heavy atom. The van der Waals surface area contributed by atoms with Crippen LogP contribution < -0.4 is 11.1 Å². The van der Waals surface area contributed by atoms with Gasteiger partial charge >= 0.3 is 0 Å². The minimum Gasteiger partial charge on any atom is -0.468 e. The van der Waals surface area contributed by atoms with Gasteiger partial charge in [-0.2, -0.15) is 0 Å². The zero-order valence-corrected chi connectivity index (χ0v) is 7.75. The molecule has 1 aromatic rings. The van der Waals surface area contributed by atoms with Crippen molar-refractivity contribution in [2.24, 2.45) is 11.1 Å². The van der Waals surface area contributed by atoms with Crippen LogP contribution >= 0.6 is 0 Å². The highest BCUT2D eigenvalue weighted by Gasteiger charge is 2.40. The van der Waals surface area contributed by atoms with Crippen LogP contribution in [0.25, 0.3) is 0 Å². The predicted molar refractivity (Wildman–Crippen MR) is 51.1 cm³/mol. The zero-order valence-electron chi connectivity index (χ0n) is 7.75. The first kappa shape index (κ1) is 8.78. The van der Waals surface area contributed by atoms with Crippen LogP contribution in [0.3, 0.4) is 0 Å². The van der Waals surface area contributed by atoms with E-state index in [-0.39, 0.29) is 0 Å². The van der Waals surface area contributed by atoms with Crippen molar-refractivity contribution < 1.29 is 4.42 Å². The van der Waals surface area contributed by atoms with Crippen molar-refractivity contribution in [1.29, 1.82) is 0 Å². The van der Waals surface area contributed by atoms with E-state index in [0.717, 1.165) is 25.4 Å². The van der Waals surface area contributed by atoms with E-state index in [4.69, 9.17) is 10.2 Å². The Labute approximate surface area is 78.3 Å². The lowest BCUT2D eigenvalue weighted by molar-refractivity contribution is 0.431. The summed E-state index contributed by atoms with van der Waals surface area (Å²) >= 11 is 0. The second-order valence-electron chi connectivity index (χ2n) is 3.89. The average molecular weight is 180 g/mol. The van der Waals surface area contributed by atoms with Crippen LogP contribution in [0.5, 0.6) is 0 Å². The maximum absolute atomic E-state index is 5.66. The fourth-order valence-electron chi connectivity index (χ4n) is 1.49. The van der Waals surface area contributed by atoms with E-state index in [1.165, 1.54) is 12.8 Å². The minimum atomic E-state index is 0.409. The molecule has 0 bridgehead atoms. The topological polar surface area (TPSA) is 51.2 Å². The second-order valence-corrected chi connectivity index (χ2v) is 3.89. The molecule has 0 amide bonds. The van der Waals surface area contributed by atoms with Crippen LogP contribution in [0.2, 0.25) is 0 Å². The molecule has 13 heavy (non-hydrogen) atoms. The lowest BCUT2D eigenvalue weighted by Gasteiger charge is -2.11. The summed E-state index contributed by atoms with van der Waals surface area (Å²) in [5.74, 6) is 0.993. The van der Waals surface area contributed by atoms with E-state index in [1.807, 2.05) is 12.1 Å². The summed E-state index contributed by atoms with van der Waals surface area (Å²) in [6.45, 7) is 2.64. The highest BCUT2D eigenvalue weighted by molar-refractivity contribution is 4.99. The summed E-state index contributed by atoms with van der Waals surface area (Å²) in [5, 5.41) is 3.37. The Balaban J connectivity index is 1.70. The average Bonchev–Trinajstić information content (AvgIpc) is 2.74. The molecule has 3 N–H and O–H groups in total. The van der Waals surface area contributed by atoms with Crippen molar-refractivity contribution in [3.63, 3.8) is 0 Å². The molecule has 1 aliphatic carbocycles. The monoisotopic (exact) mass is 180 g/mol. The highest BCUT2D eigenvalue weighted by atomic mass is 16.3. The highest BCUT2D eigenvalue weighted by Crippen LogP contribution is 2.43. The standard InChI is InChI=1S/C10H16N2O/c11-7-10(3-4-10)8-12-6-9-2-1-5-13-9/h1-2,5,12H,3-4,6-8,11H2. The predicted octanol–water partition coefficient (Wildman–Crippen LogP) is 1.11. The van der Waals surface area contributed by atoms with Gasteiger partial charge in [0.1, 0.15) is 5.76 Å². The molecule has 3 nitrogen and oxygen atoms in total. The molecule has 0 radical (unpaired) electrons. The molecule has 0 unspecified atom stereocenters. The Bertz CT molecular complexity index is 252. The lowest BCUT2D eigenvalue weighted by atomic mass is 10.1. The molecule has 3 heteroatoms. The Morgan fingerprint density at radius 3 is 2.92 bits per heavy atom. The number of furan rings is 1. The number of rotatable bonds is 5. The summed E-state index contributed by atoms with van der Waals surface area (Å²) in [6.07, 6.45) is 4.25. The third kappa shape index (κ3) is 2.11. The van der Waals surface area contributed by atoms with E-state index in [2.05, 4.69) is 5.32 Å². The SMILES string of the molecule is NCC1(CNCc2ccco2)CC1. The molecular formula is C10H16N2O. The van der Waals surface area contributed by atoms with E-state index >= 15 is 0 Å². The van der Waals surface area contributed by atoms with Crippen LogP contribution in [0.15, 0.2) is 22.8 Å². The van der Waals surface area contributed by atoms with Crippen molar-refractivity contribution in [1.82, 2.24) is 5.32 Å². The molecule has 1 aliphatic rings. The molecule has 1 aromatic heterocycles. The van der Waals surface area contributed by atoms with Gasteiger partial charge in [0.2, 0.25) is 0 Å². The van der Waals surface area contributed by atoms with Gasteiger partial charge in [0.15, 0.2) is 0 Å². The van der Waals surface area contributed by atoms with Crippen molar-refractivity contribution in [2.45, 2.75) is 19.4 Å². The number of hydrogen-bond donors (Lipinski definition) is 2. The largest absolute Gasteiger partial charge is 0.468 e. The Hall–Kier alpha value is -0.800. The summed E-state index contributed by atoms with van der Waals surface area (Å²) in [6, 6.07) is 3.89. The molecule has 0 aromatic carbocycles. The van der Waals surface area contributed by atoms with Gasteiger partial charge in [0.05, 0.1) is 12.8 Å². The molecule has 0 aliphatic heterocycles. The summed E-state index contributed by atoms with van der Waals surface area (Å²) in [4.78, 5) is 0. The molecule has 1 heterocycles. The first-order valence-corrected chi connectivity index (χ1v) is 4.78. The molecule has 1 fully saturated rings. The van der Waals surface area contributed by atoms with E-state index in [9.17, 15) is 0 Å². The summed E-state index contributed by atoms with van der Waals surface area (Å²) in [7, 11) is 0. The fraction of sp³-hybridized carbons (Fsp3) is 0.600. The van der Waals surface area contributed by atoms with Gasteiger partial charge in [0.25, 0.3) is 0 Å². The van der Waals surface area contributed by atoms with Gasteiger partial charge in [-0.15, -0.1) is 0 Å². The molecule has 0 saturated heterocycles. The van der Waals surface area contributed by atoms with Crippen LogP contribution in [0, 0.1) is 5.41 Å². The maximum Gasteiger partial charge on any atom is 0.117 e. The quantitative estimate of drug-likeness (QED) is 0.713. The van der Waals surface area contributed by atoms with Gasteiger partial charge in [-0.25, -0.2) is 0 Å². The second kappa shape index (κ2) is 3.52. The van der Waals surface area contributed by atoms with Crippen LogP contribution in [0.1, 0.15) is 18.6 Å². The molecule has 72 valence electrons. The summed E-state index contributed by atoms with van der Waals surface area (Å²) < 4.78 is 5.21. The van der Waals surface area contributed by atoms with E-state index < -0.39 is 0 Å². The van der Waals surface area contributed by atoms with Crippen LogP contribution in [-0.4, -0.2) is 13.1 Å². The Morgan fingerprint density at radius 2 is 2.38 bits per heavy atom. The molecule has 0 atom stereocenters. The minimum absolute atomic E-state index is 0.409. The molecule has 0 spiro atoms. The smallest absolute Gasteiger partial charge is 0.117 e. The molecule has 1 saturated carbocycles. The summed E-state index contributed by atoms with van der Waals surface area (Å²) in [5.41, 5.74) is 6.07. The third-order valence-corrected chi connectivity index (χ3v) is 2.77. The number of nitrogens with one attached hydrogen (secondary N) is 1. The van der Waals surface area contributed by atoms with E-state index in [1.54, 1.807) is 6.26 Å². The first-order chi connectivity index (χ1) is 6.35. The lowest BCUT2D eigenvalue weighted by Crippen LogP contribution is -2.29. The van der Waals surface area contributed by atoms with Gasteiger partial charge in [-0.1, -0.05) is 0 Å². The van der Waals surface area contributed by atoms with Gasteiger partial charge in [0, 0.05) is 6.54 Å². The normalized spacial score (nSPS) is 18.8. The van der Waals surface area contributed by atoms with Crippen molar-refractivity contribution >= 4 is 0 Å². The van der Waals surface area contributed by atoms with Gasteiger partial charge < -0.3 is 15.5 Å². The van der Waals surface area contributed by atoms with Crippen molar-refractivity contribution in [3.05, 3.63) is 24.2 Å². The zero-order chi connectivity index (χ0) is 9.15.